The Morgan fingerprint density at radius 3 is 2.48 bits per heavy atom. The number of methoxy groups -OCH3 is 1. The molecule has 2 N–H and O–H groups in total. The van der Waals surface area contributed by atoms with Crippen LogP contribution in [0.5, 0.6) is 11.5 Å². The third-order valence-electron chi connectivity index (χ3n) is 2.36. The van der Waals surface area contributed by atoms with Gasteiger partial charge in [-0.1, -0.05) is 0 Å². The Hall–Kier alpha value is -2.03. The van der Waals surface area contributed by atoms with Gasteiger partial charge in [0.25, 0.3) is 0 Å². The molecule has 1 heterocycles. The number of ether oxygens (including phenoxy) is 3. The summed E-state index contributed by atoms with van der Waals surface area (Å²) in [7, 11) is 1.26. The number of hydrogen-bond acceptors (Lipinski definition) is 6. The highest BCUT2D eigenvalue weighted by Gasteiger charge is 2.33. The minimum atomic E-state index is -4.92. The third kappa shape index (κ3) is 5.10. The minimum Gasteiger partial charge on any atom is -0.495 e. The summed E-state index contributed by atoms with van der Waals surface area (Å²) in [5.41, 5.74) is 5.44. The molecule has 0 spiro atoms. The van der Waals surface area contributed by atoms with Crippen LogP contribution in [0.2, 0.25) is 0 Å². The molecule has 0 unspecified atom stereocenters. The monoisotopic (exact) mass is 308 g/mol. The maximum Gasteiger partial charge on any atom is 0.573 e. The third-order valence-corrected chi connectivity index (χ3v) is 2.36. The van der Waals surface area contributed by atoms with Crippen molar-refractivity contribution in [1.29, 1.82) is 0 Å². The average Bonchev–Trinajstić information content (AvgIpc) is 2.38. The Morgan fingerprint density at radius 1 is 1.33 bits per heavy atom. The standard InChI is InChI=1S/C12H15F3N2O4/c1-3-20-11(18)4-7-10(21-12(13,14)15)5-9(19-2)8(6-16)17-7/h5H,3-4,6,16H2,1-2H3. The van der Waals surface area contributed by atoms with Crippen LogP contribution in [0.25, 0.3) is 0 Å². The molecule has 1 rings (SSSR count). The van der Waals surface area contributed by atoms with Crippen molar-refractivity contribution >= 4 is 5.97 Å². The second-order valence-electron chi connectivity index (χ2n) is 3.82. The number of nitrogens with two attached hydrogens (primary N) is 1. The van der Waals surface area contributed by atoms with Gasteiger partial charge in [-0.25, -0.2) is 4.98 Å². The molecule has 1 aromatic rings. The van der Waals surface area contributed by atoms with Crippen molar-refractivity contribution in [2.24, 2.45) is 5.73 Å². The highest BCUT2D eigenvalue weighted by Crippen LogP contribution is 2.31. The number of carbonyl (C=O) groups excluding carboxylic acids is 1. The molecule has 0 radical (unpaired) electrons. The van der Waals surface area contributed by atoms with E-state index in [9.17, 15) is 18.0 Å². The maximum atomic E-state index is 12.4. The number of pyridine rings is 1. The van der Waals surface area contributed by atoms with Crippen molar-refractivity contribution in [2.75, 3.05) is 13.7 Å². The van der Waals surface area contributed by atoms with E-state index >= 15 is 0 Å². The van der Waals surface area contributed by atoms with Gasteiger partial charge in [-0.05, 0) is 6.92 Å². The number of esters is 1. The lowest BCUT2D eigenvalue weighted by molar-refractivity contribution is -0.275. The van der Waals surface area contributed by atoms with Gasteiger partial charge < -0.3 is 19.9 Å². The zero-order valence-electron chi connectivity index (χ0n) is 11.5. The molecule has 0 aromatic carbocycles. The van der Waals surface area contributed by atoms with E-state index in [0.717, 1.165) is 6.07 Å². The van der Waals surface area contributed by atoms with Crippen LogP contribution >= 0.6 is 0 Å². The molecule has 0 amide bonds. The molecule has 0 saturated heterocycles. The fourth-order valence-electron chi connectivity index (χ4n) is 1.57. The second kappa shape index (κ2) is 7.11. The first-order chi connectivity index (χ1) is 9.80. The van der Waals surface area contributed by atoms with Gasteiger partial charge >= 0.3 is 12.3 Å². The zero-order valence-corrected chi connectivity index (χ0v) is 11.5. The maximum absolute atomic E-state index is 12.4. The minimum absolute atomic E-state index is 0.0457. The van der Waals surface area contributed by atoms with Crippen LogP contribution in [-0.4, -0.2) is 31.0 Å². The molecule has 1 aromatic heterocycles. The molecule has 118 valence electrons. The number of carbonyl (C=O) groups is 1. The van der Waals surface area contributed by atoms with Gasteiger partial charge in [0.05, 0.1) is 31.5 Å². The summed E-state index contributed by atoms with van der Waals surface area (Å²) in [6.45, 7) is 1.62. The summed E-state index contributed by atoms with van der Waals surface area (Å²) in [6, 6.07) is 0.997. The van der Waals surface area contributed by atoms with Gasteiger partial charge in [-0.15, -0.1) is 13.2 Å². The molecule has 0 bridgehead atoms. The summed E-state index contributed by atoms with van der Waals surface area (Å²) in [5.74, 6) is -1.29. The summed E-state index contributed by atoms with van der Waals surface area (Å²) in [6.07, 6.45) is -5.38. The molecule has 0 atom stereocenters. The predicted molar refractivity (Wildman–Crippen MR) is 65.7 cm³/mol. The van der Waals surface area contributed by atoms with E-state index < -0.39 is 24.5 Å². The van der Waals surface area contributed by atoms with Gasteiger partial charge in [0, 0.05) is 12.6 Å². The summed E-state index contributed by atoms with van der Waals surface area (Å²) in [4.78, 5) is 15.3. The molecule has 0 fully saturated rings. The molecular formula is C12H15F3N2O4. The molecule has 0 aliphatic rings. The smallest absolute Gasteiger partial charge is 0.495 e. The van der Waals surface area contributed by atoms with E-state index in [0.29, 0.717) is 0 Å². The number of halogens is 3. The normalized spacial score (nSPS) is 11.1. The van der Waals surface area contributed by atoms with E-state index in [1.54, 1.807) is 6.92 Å². The van der Waals surface area contributed by atoms with Gasteiger partial charge in [-0.2, -0.15) is 0 Å². The lowest BCUT2D eigenvalue weighted by Gasteiger charge is -2.15. The Labute approximate surface area is 119 Å². The first-order valence-electron chi connectivity index (χ1n) is 5.99. The molecule has 0 aliphatic heterocycles. The molecular weight excluding hydrogens is 293 g/mol. The van der Waals surface area contributed by atoms with Crippen LogP contribution in [0.4, 0.5) is 13.2 Å². The van der Waals surface area contributed by atoms with Crippen LogP contribution < -0.4 is 15.2 Å². The number of aromatic nitrogens is 1. The highest BCUT2D eigenvalue weighted by molar-refractivity contribution is 5.73. The van der Waals surface area contributed by atoms with Crippen molar-refractivity contribution < 1.29 is 32.2 Å². The fourth-order valence-corrected chi connectivity index (χ4v) is 1.57. The number of rotatable bonds is 6. The van der Waals surface area contributed by atoms with Gasteiger partial charge in [-0.3, -0.25) is 4.79 Å². The molecule has 0 saturated carbocycles. The first kappa shape index (κ1) is 17.0. The van der Waals surface area contributed by atoms with E-state index in [2.05, 4.69) is 14.5 Å². The Morgan fingerprint density at radius 2 is 2.00 bits per heavy atom. The van der Waals surface area contributed by atoms with Crippen LogP contribution in [0.3, 0.4) is 0 Å². The lowest BCUT2D eigenvalue weighted by Crippen LogP contribution is -2.20. The fraction of sp³-hybridized carbons (Fsp3) is 0.500. The predicted octanol–water partition coefficient (Wildman–Crippen LogP) is 1.55. The summed E-state index contributed by atoms with van der Waals surface area (Å²) >= 11 is 0. The van der Waals surface area contributed by atoms with Crippen molar-refractivity contribution in [1.82, 2.24) is 4.98 Å². The van der Waals surface area contributed by atoms with Gasteiger partial charge in [0.15, 0.2) is 5.75 Å². The van der Waals surface area contributed by atoms with E-state index in [1.165, 1.54) is 7.11 Å². The summed E-state index contributed by atoms with van der Waals surface area (Å²) < 4.78 is 50.6. The first-order valence-corrected chi connectivity index (χ1v) is 5.99. The van der Waals surface area contributed by atoms with Crippen molar-refractivity contribution in [3.63, 3.8) is 0 Å². The van der Waals surface area contributed by atoms with Gasteiger partial charge in [0.1, 0.15) is 5.75 Å². The Bertz CT molecular complexity index is 506. The number of hydrogen-bond donors (Lipinski definition) is 1. The van der Waals surface area contributed by atoms with E-state index in [4.69, 9.17) is 10.5 Å². The van der Waals surface area contributed by atoms with Crippen molar-refractivity contribution in [3.05, 3.63) is 17.5 Å². The molecule has 6 nitrogen and oxygen atoms in total. The number of alkyl halides is 3. The van der Waals surface area contributed by atoms with E-state index in [1.807, 2.05) is 0 Å². The van der Waals surface area contributed by atoms with Crippen LogP contribution in [0.1, 0.15) is 18.3 Å². The van der Waals surface area contributed by atoms with Crippen LogP contribution in [0.15, 0.2) is 6.07 Å². The quantitative estimate of drug-likeness (QED) is 0.803. The molecule has 9 heteroatoms. The second-order valence-corrected chi connectivity index (χ2v) is 3.82. The Balaban J connectivity index is 3.19. The SMILES string of the molecule is CCOC(=O)Cc1nc(CN)c(OC)cc1OC(F)(F)F. The van der Waals surface area contributed by atoms with Crippen molar-refractivity contribution in [3.8, 4) is 11.5 Å². The van der Waals surface area contributed by atoms with Gasteiger partial charge in [0.2, 0.25) is 0 Å². The van der Waals surface area contributed by atoms with Crippen molar-refractivity contribution in [2.45, 2.75) is 26.3 Å². The highest BCUT2D eigenvalue weighted by atomic mass is 19.4. The average molecular weight is 308 g/mol. The topological polar surface area (TPSA) is 83.7 Å². The van der Waals surface area contributed by atoms with Crippen LogP contribution in [0, 0.1) is 0 Å². The Kier molecular flexibility index (Phi) is 5.77. The number of nitrogens with zero attached hydrogens (tertiary/aromatic N) is 1. The largest absolute Gasteiger partial charge is 0.573 e. The lowest BCUT2D eigenvalue weighted by atomic mass is 10.2. The van der Waals surface area contributed by atoms with Crippen LogP contribution in [-0.2, 0) is 22.5 Å². The zero-order chi connectivity index (χ0) is 16.0. The summed E-state index contributed by atoms with van der Waals surface area (Å²) in [5, 5.41) is 0. The molecule has 0 aliphatic carbocycles. The molecule has 21 heavy (non-hydrogen) atoms. The van der Waals surface area contributed by atoms with E-state index in [-0.39, 0.29) is 30.3 Å².